The van der Waals surface area contributed by atoms with Gasteiger partial charge in [-0.05, 0) is 24.6 Å². The first-order valence-corrected chi connectivity index (χ1v) is 9.08. The van der Waals surface area contributed by atoms with E-state index in [9.17, 15) is 18.6 Å². The molecular formula is C16H19ClO4S. The molecule has 6 heteroatoms. The van der Waals surface area contributed by atoms with Gasteiger partial charge in [-0.1, -0.05) is 25.4 Å². The summed E-state index contributed by atoms with van der Waals surface area (Å²) in [6.07, 6.45) is 2.50. The number of halogens is 1. The minimum absolute atomic E-state index is 0.119. The summed E-state index contributed by atoms with van der Waals surface area (Å²) >= 11 is 6.01. The number of hydrogen-bond donors (Lipinski definition) is 0. The Morgan fingerprint density at radius 1 is 1.18 bits per heavy atom. The minimum atomic E-state index is -1.22. The molecule has 0 aliphatic heterocycles. The molecule has 0 bridgehead atoms. The summed E-state index contributed by atoms with van der Waals surface area (Å²) < 4.78 is 11.3. The number of benzene rings is 1. The summed E-state index contributed by atoms with van der Waals surface area (Å²) in [5.41, 5.74) is 0.134. The van der Waals surface area contributed by atoms with Gasteiger partial charge in [-0.3, -0.25) is 18.6 Å². The van der Waals surface area contributed by atoms with E-state index in [0.29, 0.717) is 11.3 Å². The fraction of sp³-hybridized carbons (Fsp3) is 0.438. The molecule has 1 atom stereocenters. The van der Waals surface area contributed by atoms with Crippen LogP contribution in [0.3, 0.4) is 0 Å². The standard InChI is InChI=1S/C14H13ClO4S.C2H6/c1-20(19)8-5-6-9(10(15)7-8)14(18)13-11(16)3-2-4-12(13)17;1-2/h5-7,13H,2-4H2,1H3;1-2H3. The molecule has 0 N–H and O–H groups in total. The number of carbonyl (C=O) groups excluding carboxylic acids is 3. The molecule has 0 amide bonds. The van der Waals surface area contributed by atoms with Crippen molar-refractivity contribution >= 4 is 39.8 Å². The Hall–Kier alpha value is -1.33. The average molecular weight is 343 g/mol. The normalized spacial score (nSPS) is 16.7. The lowest BCUT2D eigenvalue weighted by Crippen LogP contribution is -2.35. The van der Waals surface area contributed by atoms with Crippen LogP contribution >= 0.6 is 11.6 Å². The van der Waals surface area contributed by atoms with Gasteiger partial charge in [-0.25, -0.2) is 0 Å². The minimum Gasteiger partial charge on any atom is -0.298 e. The Kier molecular flexibility index (Phi) is 7.10. The molecule has 1 aliphatic rings. The van der Waals surface area contributed by atoms with Gasteiger partial charge in [0.15, 0.2) is 17.3 Å². The highest BCUT2D eigenvalue weighted by Gasteiger charge is 2.37. The molecule has 1 aliphatic carbocycles. The van der Waals surface area contributed by atoms with Crippen LogP contribution in [0.15, 0.2) is 23.1 Å². The van der Waals surface area contributed by atoms with Crippen LogP contribution in [0, 0.1) is 5.92 Å². The van der Waals surface area contributed by atoms with E-state index in [2.05, 4.69) is 0 Å². The molecule has 1 saturated carbocycles. The Balaban J connectivity index is 0.00000116. The molecule has 0 saturated heterocycles. The highest BCUT2D eigenvalue weighted by atomic mass is 35.5. The first kappa shape index (κ1) is 18.7. The number of rotatable bonds is 3. The highest BCUT2D eigenvalue weighted by molar-refractivity contribution is 7.84. The number of hydrogen-bond acceptors (Lipinski definition) is 4. The smallest absolute Gasteiger partial charge is 0.182 e. The van der Waals surface area contributed by atoms with Gasteiger partial charge < -0.3 is 0 Å². The van der Waals surface area contributed by atoms with Crippen LogP contribution in [-0.2, 0) is 20.4 Å². The summed E-state index contributed by atoms with van der Waals surface area (Å²) in [4.78, 5) is 36.4. The van der Waals surface area contributed by atoms with Crippen LogP contribution in [0.1, 0.15) is 43.5 Å². The molecule has 1 fully saturated rings. The third kappa shape index (κ3) is 4.11. The van der Waals surface area contributed by atoms with E-state index >= 15 is 0 Å². The van der Waals surface area contributed by atoms with E-state index in [-0.39, 0.29) is 35.0 Å². The summed E-state index contributed by atoms with van der Waals surface area (Å²) in [7, 11) is -1.21. The van der Waals surface area contributed by atoms with E-state index in [0.717, 1.165) is 0 Å². The Labute approximate surface area is 137 Å². The molecule has 1 unspecified atom stereocenters. The van der Waals surface area contributed by atoms with Crippen LogP contribution in [0.25, 0.3) is 0 Å². The molecule has 0 heterocycles. The van der Waals surface area contributed by atoms with Gasteiger partial charge in [-0.15, -0.1) is 0 Å². The van der Waals surface area contributed by atoms with Crippen molar-refractivity contribution in [1.82, 2.24) is 0 Å². The summed E-state index contributed by atoms with van der Waals surface area (Å²) in [5.74, 6) is -2.46. The summed E-state index contributed by atoms with van der Waals surface area (Å²) in [6, 6.07) is 4.38. The molecule has 1 aromatic rings. The lowest BCUT2D eigenvalue weighted by Gasteiger charge is -2.18. The van der Waals surface area contributed by atoms with Gasteiger partial charge in [0, 0.05) is 40.4 Å². The maximum atomic E-state index is 12.3. The first-order chi connectivity index (χ1) is 10.4. The number of ketones is 3. The molecule has 0 radical (unpaired) electrons. The quantitative estimate of drug-likeness (QED) is 0.624. The SMILES string of the molecule is CC.CS(=O)c1ccc(C(=O)C2C(=O)CCCC2=O)c(Cl)c1. The van der Waals surface area contributed by atoms with Crippen LogP contribution in [0.4, 0.5) is 0 Å². The third-order valence-electron chi connectivity index (χ3n) is 3.29. The molecule has 2 rings (SSSR count). The average Bonchev–Trinajstić information content (AvgIpc) is 2.48. The molecule has 1 aromatic carbocycles. The second-order valence-corrected chi connectivity index (χ2v) is 6.47. The van der Waals surface area contributed by atoms with Crippen molar-refractivity contribution in [2.45, 2.75) is 38.0 Å². The predicted octanol–water partition coefficient (Wildman–Crippen LogP) is 3.22. The molecule has 120 valence electrons. The van der Waals surface area contributed by atoms with Crippen molar-refractivity contribution in [3.63, 3.8) is 0 Å². The van der Waals surface area contributed by atoms with Crippen molar-refractivity contribution < 1.29 is 18.6 Å². The van der Waals surface area contributed by atoms with Crippen molar-refractivity contribution in [2.75, 3.05) is 6.26 Å². The Bertz CT molecular complexity index is 609. The van der Waals surface area contributed by atoms with Gasteiger partial charge in [0.2, 0.25) is 0 Å². The van der Waals surface area contributed by atoms with E-state index in [1.54, 1.807) is 0 Å². The van der Waals surface area contributed by atoms with E-state index in [1.165, 1.54) is 24.5 Å². The Morgan fingerprint density at radius 2 is 1.73 bits per heavy atom. The zero-order chi connectivity index (χ0) is 16.9. The fourth-order valence-electron chi connectivity index (χ4n) is 2.23. The van der Waals surface area contributed by atoms with Crippen molar-refractivity contribution in [3.05, 3.63) is 28.8 Å². The zero-order valence-electron chi connectivity index (χ0n) is 12.8. The Morgan fingerprint density at radius 3 is 2.18 bits per heavy atom. The molecule has 0 spiro atoms. The maximum Gasteiger partial charge on any atom is 0.182 e. The molecule has 4 nitrogen and oxygen atoms in total. The maximum absolute atomic E-state index is 12.3. The van der Waals surface area contributed by atoms with Gasteiger partial charge >= 0.3 is 0 Å². The van der Waals surface area contributed by atoms with Crippen molar-refractivity contribution in [3.8, 4) is 0 Å². The summed E-state index contributed by atoms with van der Waals surface area (Å²) in [6.45, 7) is 4.00. The van der Waals surface area contributed by atoms with Crippen molar-refractivity contribution in [1.29, 1.82) is 0 Å². The van der Waals surface area contributed by atoms with Gasteiger partial charge in [-0.2, -0.15) is 0 Å². The van der Waals surface area contributed by atoms with Crippen molar-refractivity contribution in [2.24, 2.45) is 5.92 Å². The third-order valence-corrected chi connectivity index (χ3v) is 4.52. The molecular weight excluding hydrogens is 324 g/mol. The number of Topliss-reactive ketones (excluding diaryl/α,β-unsaturated/α-hetero) is 3. The second kappa shape index (κ2) is 8.34. The monoisotopic (exact) mass is 342 g/mol. The molecule has 0 aromatic heterocycles. The molecule has 22 heavy (non-hydrogen) atoms. The zero-order valence-corrected chi connectivity index (χ0v) is 14.4. The van der Waals surface area contributed by atoms with E-state index in [1.807, 2.05) is 13.8 Å². The van der Waals surface area contributed by atoms with Crippen LogP contribution < -0.4 is 0 Å². The van der Waals surface area contributed by atoms with Gasteiger partial charge in [0.05, 0.1) is 5.02 Å². The van der Waals surface area contributed by atoms with Crippen LogP contribution in [0.5, 0.6) is 0 Å². The topological polar surface area (TPSA) is 68.3 Å². The predicted molar refractivity (Wildman–Crippen MR) is 86.8 cm³/mol. The lowest BCUT2D eigenvalue weighted by atomic mass is 9.82. The largest absolute Gasteiger partial charge is 0.298 e. The first-order valence-electron chi connectivity index (χ1n) is 7.14. The fourth-order valence-corrected chi connectivity index (χ4v) is 3.11. The van der Waals surface area contributed by atoms with Gasteiger partial charge in [0.25, 0.3) is 0 Å². The van der Waals surface area contributed by atoms with Gasteiger partial charge in [0.1, 0.15) is 5.92 Å². The van der Waals surface area contributed by atoms with Crippen LogP contribution in [-0.4, -0.2) is 27.8 Å². The number of carbonyl (C=O) groups is 3. The van der Waals surface area contributed by atoms with E-state index < -0.39 is 22.5 Å². The summed E-state index contributed by atoms with van der Waals surface area (Å²) in [5, 5.41) is 0.119. The lowest BCUT2D eigenvalue weighted by molar-refractivity contribution is -0.133. The highest BCUT2D eigenvalue weighted by Crippen LogP contribution is 2.26. The second-order valence-electron chi connectivity index (χ2n) is 4.68. The van der Waals surface area contributed by atoms with E-state index in [4.69, 9.17) is 11.6 Å². The van der Waals surface area contributed by atoms with Crippen LogP contribution in [0.2, 0.25) is 5.02 Å².